The molecule has 3 saturated heterocycles. The first-order chi connectivity index (χ1) is 12.8. The summed E-state index contributed by atoms with van der Waals surface area (Å²) >= 11 is 2.04. The predicted molar refractivity (Wildman–Crippen MR) is 100 cm³/mol. The summed E-state index contributed by atoms with van der Waals surface area (Å²) in [5, 5.41) is 27.2. The highest BCUT2D eigenvalue weighted by Gasteiger charge is 2.36. The van der Waals surface area contributed by atoms with E-state index in [-0.39, 0.29) is 31.0 Å². The van der Waals surface area contributed by atoms with E-state index < -0.39 is 0 Å². The van der Waals surface area contributed by atoms with Crippen molar-refractivity contribution in [3.8, 4) is 6.07 Å². The molecular formula is C17H30N6O2S. The van der Waals surface area contributed by atoms with Gasteiger partial charge in [-0.1, -0.05) is 0 Å². The topological polar surface area (TPSA) is 102 Å². The lowest BCUT2D eigenvalue weighted by atomic mass is 9.89. The standard InChI is InChI=1S/C17H30N6O2S/c18-9-15-21-16(19-10-12-2-1-7-26-12)23-17(22-15)20-11-3-4-13-14(8-11)25-6-5-24-13/h11-17,19-23H,1-8,10H2. The first-order valence-electron chi connectivity index (χ1n) is 9.82. The lowest BCUT2D eigenvalue weighted by Gasteiger charge is -2.42. The number of rotatable bonds is 5. The highest BCUT2D eigenvalue weighted by atomic mass is 32.2. The van der Waals surface area contributed by atoms with E-state index in [1.165, 1.54) is 18.6 Å². The first kappa shape index (κ1) is 18.9. The van der Waals surface area contributed by atoms with Crippen molar-refractivity contribution < 1.29 is 9.47 Å². The van der Waals surface area contributed by atoms with Gasteiger partial charge in [-0.25, -0.2) is 0 Å². The van der Waals surface area contributed by atoms with Gasteiger partial charge in [0.1, 0.15) is 12.6 Å². The van der Waals surface area contributed by atoms with Crippen LogP contribution in [0.25, 0.3) is 0 Å². The number of nitriles is 1. The fraction of sp³-hybridized carbons (Fsp3) is 0.941. The molecule has 0 bridgehead atoms. The van der Waals surface area contributed by atoms with Gasteiger partial charge in [0.2, 0.25) is 0 Å². The Labute approximate surface area is 159 Å². The van der Waals surface area contributed by atoms with Crippen LogP contribution in [0.3, 0.4) is 0 Å². The van der Waals surface area contributed by atoms with Gasteiger partial charge in [-0.05, 0) is 37.9 Å². The van der Waals surface area contributed by atoms with E-state index in [0.717, 1.165) is 25.8 Å². The van der Waals surface area contributed by atoms with E-state index in [1.54, 1.807) is 0 Å². The average Bonchev–Trinajstić information content (AvgIpc) is 3.20. The van der Waals surface area contributed by atoms with Gasteiger partial charge < -0.3 is 9.47 Å². The Bertz CT molecular complexity index is 500. The Morgan fingerprint density at radius 2 is 1.88 bits per heavy atom. The molecule has 0 aromatic heterocycles. The highest BCUT2D eigenvalue weighted by molar-refractivity contribution is 8.00. The predicted octanol–water partition coefficient (Wildman–Crippen LogP) is -0.403. The zero-order valence-electron chi connectivity index (χ0n) is 15.1. The normalized spacial score (nSPS) is 43.6. The van der Waals surface area contributed by atoms with Gasteiger partial charge in [0.25, 0.3) is 0 Å². The van der Waals surface area contributed by atoms with Crippen molar-refractivity contribution >= 4 is 11.8 Å². The van der Waals surface area contributed by atoms with Crippen LogP contribution in [0.2, 0.25) is 0 Å². The number of nitrogens with one attached hydrogen (secondary N) is 5. The summed E-state index contributed by atoms with van der Waals surface area (Å²) < 4.78 is 11.7. The SMILES string of the molecule is N#CC1NC(NCC2CCCS2)NC(NC2CCC3OCCOC3C2)N1. The van der Waals surface area contributed by atoms with Crippen LogP contribution >= 0.6 is 11.8 Å². The van der Waals surface area contributed by atoms with Crippen LogP contribution in [0.15, 0.2) is 0 Å². The molecule has 4 aliphatic rings. The third kappa shape index (κ3) is 4.88. The summed E-state index contributed by atoms with van der Waals surface area (Å²) in [6.07, 6.45) is 5.49. The zero-order chi connectivity index (χ0) is 17.8. The summed E-state index contributed by atoms with van der Waals surface area (Å²) in [5.74, 6) is 1.26. The maximum atomic E-state index is 9.37. The number of nitrogens with zero attached hydrogens (tertiary/aromatic N) is 1. The van der Waals surface area contributed by atoms with Crippen LogP contribution in [0.5, 0.6) is 0 Å². The lowest BCUT2D eigenvalue weighted by Crippen LogP contribution is -2.75. The van der Waals surface area contributed by atoms with Gasteiger partial charge in [-0.3, -0.25) is 26.6 Å². The third-order valence-corrected chi connectivity index (χ3v) is 6.98. The van der Waals surface area contributed by atoms with Crippen LogP contribution in [0.1, 0.15) is 32.1 Å². The molecule has 8 nitrogen and oxygen atoms in total. The maximum Gasteiger partial charge on any atom is 0.152 e. The van der Waals surface area contributed by atoms with Crippen molar-refractivity contribution in [3.63, 3.8) is 0 Å². The van der Waals surface area contributed by atoms with Crippen LogP contribution < -0.4 is 26.6 Å². The lowest BCUT2D eigenvalue weighted by molar-refractivity contribution is -0.158. The summed E-state index contributed by atoms with van der Waals surface area (Å²) in [6, 6.07) is 2.64. The van der Waals surface area contributed by atoms with Gasteiger partial charge in [0.05, 0.1) is 31.5 Å². The molecular weight excluding hydrogens is 352 g/mol. The fourth-order valence-electron chi connectivity index (χ4n) is 4.24. The summed E-state index contributed by atoms with van der Waals surface area (Å²) in [6.45, 7) is 2.37. The number of thioether (sulfide) groups is 1. The maximum absolute atomic E-state index is 9.37. The molecule has 5 N–H and O–H groups in total. The number of ether oxygens (including phenoxy) is 2. The van der Waals surface area contributed by atoms with Gasteiger partial charge in [-0.15, -0.1) is 0 Å². The van der Waals surface area contributed by atoms with Crippen LogP contribution in [0.4, 0.5) is 0 Å². The van der Waals surface area contributed by atoms with Crippen molar-refractivity contribution in [2.24, 2.45) is 0 Å². The van der Waals surface area contributed by atoms with E-state index in [9.17, 15) is 5.26 Å². The second-order valence-corrected chi connectivity index (χ2v) is 8.87. The number of hydrogen-bond acceptors (Lipinski definition) is 9. The molecule has 0 amide bonds. The number of fused-ring (bicyclic) bond motifs is 1. The number of hydrogen-bond donors (Lipinski definition) is 5. The molecule has 0 spiro atoms. The van der Waals surface area contributed by atoms with Crippen molar-refractivity contribution in [2.75, 3.05) is 25.5 Å². The van der Waals surface area contributed by atoms with Crippen LogP contribution in [-0.4, -0.2) is 67.8 Å². The van der Waals surface area contributed by atoms with Gasteiger partial charge in [0.15, 0.2) is 6.17 Å². The molecule has 4 rings (SSSR count). The molecule has 7 atom stereocenters. The van der Waals surface area contributed by atoms with Gasteiger partial charge in [0, 0.05) is 17.8 Å². The van der Waals surface area contributed by atoms with Crippen LogP contribution in [0, 0.1) is 11.3 Å². The molecule has 4 fully saturated rings. The van der Waals surface area contributed by atoms with Crippen molar-refractivity contribution in [2.45, 2.75) is 74.3 Å². The third-order valence-electron chi connectivity index (χ3n) is 5.58. The van der Waals surface area contributed by atoms with Gasteiger partial charge in [-0.2, -0.15) is 17.0 Å². The Morgan fingerprint density at radius 1 is 1.04 bits per heavy atom. The summed E-state index contributed by atoms with van der Waals surface area (Å²) in [7, 11) is 0. The minimum Gasteiger partial charge on any atom is -0.373 e. The second-order valence-electron chi connectivity index (χ2n) is 7.47. The van der Waals surface area contributed by atoms with Crippen molar-refractivity contribution in [1.29, 1.82) is 5.26 Å². The zero-order valence-corrected chi connectivity index (χ0v) is 15.9. The minimum absolute atomic E-state index is 0.0785. The largest absolute Gasteiger partial charge is 0.373 e. The smallest absolute Gasteiger partial charge is 0.152 e. The van der Waals surface area contributed by atoms with E-state index >= 15 is 0 Å². The second kappa shape index (κ2) is 9.17. The van der Waals surface area contributed by atoms with Crippen molar-refractivity contribution in [1.82, 2.24) is 26.6 Å². The Kier molecular flexibility index (Phi) is 6.67. The molecule has 7 unspecified atom stereocenters. The first-order valence-corrected chi connectivity index (χ1v) is 10.9. The highest BCUT2D eigenvalue weighted by Crippen LogP contribution is 2.27. The molecule has 1 saturated carbocycles. The molecule has 0 aromatic rings. The molecule has 146 valence electrons. The molecule has 0 radical (unpaired) electrons. The molecule has 1 aliphatic carbocycles. The van der Waals surface area contributed by atoms with Crippen molar-refractivity contribution in [3.05, 3.63) is 0 Å². The monoisotopic (exact) mass is 382 g/mol. The molecule has 3 aliphatic heterocycles. The minimum atomic E-state index is -0.381. The summed E-state index contributed by atoms with van der Waals surface area (Å²) in [4.78, 5) is 0. The quantitative estimate of drug-likeness (QED) is 0.434. The van der Waals surface area contributed by atoms with E-state index in [0.29, 0.717) is 24.5 Å². The Morgan fingerprint density at radius 3 is 2.69 bits per heavy atom. The Hall–Kier alpha value is -0.440. The fourth-order valence-corrected chi connectivity index (χ4v) is 5.46. The van der Waals surface area contributed by atoms with Gasteiger partial charge >= 0.3 is 0 Å². The molecule has 26 heavy (non-hydrogen) atoms. The van der Waals surface area contributed by atoms with E-state index in [1.807, 2.05) is 11.8 Å². The van der Waals surface area contributed by atoms with E-state index in [4.69, 9.17) is 9.47 Å². The van der Waals surface area contributed by atoms with Crippen LogP contribution in [-0.2, 0) is 9.47 Å². The molecule has 3 heterocycles. The molecule has 0 aromatic carbocycles. The Balaban J connectivity index is 1.27. The average molecular weight is 383 g/mol. The molecule has 9 heteroatoms. The summed E-state index contributed by atoms with van der Waals surface area (Å²) in [5.41, 5.74) is 0. The van der Waals surface area contributed by atoms with E-state index in [2.05, 4.69) is 32.7 Å².